The molecule has 1 spiro atoms. The van der Waals surface area contributed by atoms with E-state index in [0.29, 0.717) is 22.4 Å². The average Bonchev–Trinajstić information content (AvgIpc) is 3.37. The molecule has 1 fully saturated rings. The monoisotopic (exact) mass is 538 g/mol. The highest BCUT2D eigenvalue weighted by Gasteiger charge is 2.68. The number of nitro groups is 2. The summed E-state index contributed by atoms with van der Waals surface area (Å²) in [5, 5.41) is 26.4. The summed E-state index contributed by atoms with van der Waals surface area (Å²) in [6.45, 7) is 0.299. The van der Waals surface area contributed by atoms with Gasteiger partial charge in [0.15, 0.2) is 17.0 Å². The van der Waals surface area contributed by atoms with Crippen LogP contribution in [0.5, 0.6) is 11.5 Å². The zero-order valence-electron chi connectivity index (χ0n) is 20.4. The van der Waals surface area contributed by atoms with Crippen LogP contribution in [0.3, 0.4) is 0 Å². The number of nitro benzene ring substituents is 1. The predicted molar refractivity (Wildman–Crippen MR) is 138 cm³/mol. The van der Waals surface area contributed by atoms with E-state index in [4.69, 9.17) is 21.1 Å². The molecule has 12 heteroatoms. The molecule has 3 aromatic rings. The molecule has 0 unspecified atom stereocenters. The number of halogens is 1. The van der Waals surface area contributed by atoms with Gasteiger partial charge < -0.3 is 14.8 Å². The first-order valence-electron chi connectivity index (χ1n) is 11.7. The van der Waals surface area contributed by atoms with Crippen LogP contribution in [0.15, 0.2) is 60.7 Å². The quantitative estimate of drug-likeness (QED) is 0.346. The standard InChI is InChI=1S/C26H23ClN4O7/c1-29-13-18(24(31(35)36)26(29)19-5-3-4-6-21(19)28-25(26)32)16-11-20(27)23(22(12-16)37-2)38-14-15-7-9-17(10-8-15)30(33)34/h3-12,18,24H,13-14H2,1-2H3,(H,28,32)/t18-,24-,26+/m0/s1. The van der Waals surface area contributed by atoms with E-state index in [2.05, 4.69) is 5.32 Å². The number of carbonyl (C=O) groups is 1. The second-order valence-corrected chi connectivity index (χ2v) is 9.64. The van der Waals surface area contributed by atoms with Crippen LogP contribution in [0, 0.1) is 20.2 Å². The molecular weight excluding hydrogens is 516 g/mol. The zero-order chi connectivity index (χ0) is 27.2. The maximum atomic E-state index is 13.3. The fourth-order valence-corrected chi connectivity index (χ4v) is 5.82. The highest BCUT2D eigenvalue weighted by molar-refractivity contribution is 6.32. The van der Waals surface area contributed by atoms with Gasteiger partial charge in [-0.2, -0.15) is 0 Å². The van der Waals surface area contributed by atoms with Gasteiger partial charge in [0.05, 0.1) is 23.0 Å². The molecule has 2 aliphatic rings. The molecular formula is C26H23ClN4O7. The van der Waals surface area contributed by atoms with Crippen LogP contribution >= 0.6 is 11.6 Å². The summed E-state index contributed by atoms with van der Waals surface area (Å²) in [4.78, 5) is 37.6. The number of nitrogens with zero attached hydrogens (tertiary/aromatic N) is 3. The number of anilines is 1. The topological polar surface area (TPSA) is 137 Å². The van der Waals surface area contributed by atoms with Gasteiger partial charge in [-0.3, -0.25) is 29.9 Å². The van der Waals surface area contributed by atoms with Crippen molar-refractivity contribution in [2.75, 3.05) is 26.0 Å². The maximum absolute atomic E-state index is 13.3. The maximum Gasteiger partial charge on any atom is 0.269 e. The van der Waals surface area contributed by atoms with E-state index in [9.17, 15) is 25.0 Å². The molecule has 5 rings (SSSR count). The van der Waals surface area contributed by atoms with Gasteiger partial charge in [-0.05, 0) is 48.5 Å². The van der Waals surface area contributed by atoms with Gasteiger partial charge in [0.25, 0.3) is 17.6 Å². The van der Waals surface area contributed by atoms with Gasteiger partial charge in [-0.15, -0.1) is 0 Å². The number of fused-ring (bicyclic) bond motifs is 2. The van der Waals surface area contributed by atoms with Crippen LogP contribution in [0.25, 0.3) is 0 Å². The summed E-state index contributed by atoms with van der Waals surface area (Å²) in [5.41, 5.74) is 0.830. The van der Waals surface area contributed by atoms with Crippen LogP contribution in [-0.2, 0) is 16.9 Å². The van der Waals surface area contributed by atoms with E-state index in [-0.39, 0.29) is 35.4 Å². The SMILES string of the molecule is COc1cc([C@@H]2CN(C)[C@@]3(C(=O)Nc4ccccc43)[C@H]2[N+](=O)[O-])cc(Cl)c1OCc1ccc([N+](=O)[O-])cc1. The number of likely N-dealkylation sites (tertiary alicyclic amines) is 1. The lowest BCUT2D eigenvalue weighted by Crippen LogP contribution is -2.54. The van der Waals surface area contributed by atoms with E-state index >= 15 is 0 Å². The normalized spacial score (nSPS) is 22.2. The van der Waals surface area contributed by atoms with E-state index in [0.717, 1.165) is 0 Å². The molecule has 0 radical (unpaired) electrons. The third-order valence-electron chi connectivity index (χ3n) is 7.25. The Labute approximate surface area is 222 Å². The molecule has 1 amide bonds. The van der Waals surface area contributed by atoms with E-state index in [1.165, 1.54) is 19.2 Å². The second kappa shape index (κ2) is 9.58. The summed E-state index contributed by atoms with van der Waals surface area (Å²) in [6, 6.07) is 14.9. The van der Waals surface area contributed by atoms with Crippen LogP contribution in [0.2, 0.25) is 5.02 Å². The number of hydrogen-bond acceptors (Lipinski definition) is 8. The van der Waals surface area contributed by atoms with Crippen molar-refractivity contribution in [2.45, 2.75) is 24.1 Å². The number of methoxy groups -OCH3 is 1. The zero-order valence-corrected chi connectivity index (χ0v) is 21.2. The summed E-state index contributed by atoms with van der Waals surface area (Å²) >= 11 is 6.59. The first-order valence-corrected chi connectivity index (χ1v) is 12.1. The molecule has 38 heavy (non-hydrogen) atoms. The van der Waals surface area contributed by atoms with Crippen molar-refractivity contribution in [2.24, 2.45) is 0 Å². The highest BCUT2D eigenvalue weighted by atomic mass is 35.5. The van der Waals surface area contributed by atoms with Crippen LogP contribution in [0.4, 0.5) is 11.4 Å². The summed E-state index contributed by atoms with van der Waals surface area (Å²) < 4.78 is 11.4. The van der Waals surface area contributed by atoms with Gasteiger partial charge in [0.1, 0.15) is 6.61 Å². The molecule has 3 aromatic carbocycles. The van der Waals surface area contributed by atoms with Gasteiger partial charge >= 0.3 is 0 Å². The number of likely N-dealkylation sites (N-methyl/N-ethyl adjacent to an activating group) is 1. The highest BCUT2D eigenvalue weighted by Crippen LogP contribution is 2.53. The van der Waals surface area contributed by atoms with Crippen molar-refractivity contribution in [3.8, 4) is 11.5 Å². The predicted octanol–water partition coefficient (Wildman–Crippen LogP) is 4.36. The molecule has 0 aromatic heterocycles. The first-order chi connectivity index (χ1) is 18.2. The van der Waals surface area contributed by atoms with E-state index < -0.39 is 33.3 Å². The van der Waals surface area contributed by atoms with Crippen LogP contribution in [-0.4, -0.2) is 47.4 Å². The number of para-hydroxylation sites is 1. The Hall–Kier alpha value is -4.22. The first kappa shape index (κ1) is 25.4. The minimum absolute atomic E-state index is 0.0352. The Morgan fingerprint density at radius 2 is 1.84 bits per heavy atom. The molecule has 2 aliphatic heterocycles. The van der Waals surface area contributed by atoms with Crippen molar-refractivity contribution in [3.63, 3.8) is 0 Å². The number of hydrogen-bond donors (Lipinski definition) is 1. The molecule has 11 nitrogen and oxygen atoms in total. The fraction of sp³-hybridized carbons (Fsp3) is 0.269. The second-order valence-electron chi connectivity index (χ2n) is 9.23. The van der Waals surface area contributed by atoms with E-state index in [1.807, 2.05) is 0 Å². The largest absolute Gasteiger partial charge is 0.493 e. The number of rotatable bonds is 7. The third-order valence-corrected chi connectivity index (χ3v) is 7.53. The lowest BCUT2D eigenvalue weighted by molar-refractivity contribution is -0.534. The smallest absolute Gasteiger partial charge is 0.269 e. The number of benzene rings is 3. The third kappa shape index (κ3) is 3.91. The summed E-state index contributed by atoms with van der Waals surface area (Å²) in [7, 11) is 3.14. The summed E-state index contributed by atoms with van der Waals surface area (Å²) in [6.07, 6.45) is 0. The number of ether oxygens (including phenoxy) is 2. The van der Waals surface area contributed by atoms with Crippen molar-refractivity contribution in [3.05, 3.63) is 103 Å². The van der Waals surface area contributed by atoms with Crippen molar-refractivity contribution < 1.29 is 24.1 Å². The number of nitrogens with one attached hydrogen (secondary N) is 1. The number of carbonyl (C=O) groups excluding carboxylic acids is 1. The van der Waals surface area contributed by atoms with E-state index in [1.54, 1.807) is 60.5 Å². The minimum atomic E-state index is -1.48. The Bertz CT molecular complexity index is 1450. The molecule has 1 N–H and O–H groups in total. The minimum Gasteiger partial charge on any atom is -0.493 e. The molecule has 0 bridgehead atoms. The van der Waals surface area contributed by atoms with Gasteiger partial charge in [-0.25, -0.2) is 0 Å². The molecule has 0 saturated carbocycles. The fourth-order valence-electron chi connectivity index (χ4n) is 5.54. The van der Waals surface area contributed by atoms with Crippen molar-refractivity contribution >= 4 is 28.9 Å². The molecule has 0 aliphatic carbocycles. The molecule has 1 saturated heterocycles. The van der Waals surface area contributed by atoms with Crippen LogP contribution in [0.1, 0.15) is 22.6 Å². The Morgan fingerprint density at radius 1 is 1.13 bits per heavy atom. The number of non-ortho nitro benzene ring substituents is 1. The summed E-state index contributed by atoms with van der Waals surface area (Å²) in [5.74, 6) is -0.608. The van der Waals surface area contributed by atoms with Gasteiger partial charge in [0.2, 0.25) is 0 Å². The number of amides is 1. The molecule has 2 heterocycles. The Balaban J connectivity index is 1.48. The lowest BCUT2D eigenvalue weighted by atomic mass is 9.79. The Morgan fingerprint density at radius 3 is 2.50 bits per heavy atom. The van der Waals surface area contributed by atoms with Gasteiger partial charge in [0, 0.05) is 34.9 Å². The molecule has 196 valence electrons. The Kier molecular flexibility index (Phi) is 6.41. The average molecular weight is 539 g/mol. The van der Waals surface area contributed by atoms with Gasteiger partial charge in [-0.1, -0.05) is 29.8 Å². The van der Waals surface area contributed by atoms with Crippen LogP contribution < -0.4 is 14.8 Å². The molecule has 3 atom stereocenters. The van der Waals surface area contributed by atoms with Crippen molar-refractivity contribution in [1.29, 1.82) is 0 Å². The van der Waals surface area contributed by atoms with Crippen molar-refractivity contribution in [1.82, 2.24) is 4.90 Å². The lowest BCUT2D eigenvalue weighted by Gasteiger charge is -2.30.